The summed E-state index contributed by atoms with van der Waals surface area (Å²) < 4.78 is 11.2. The predicted molar refractivity (Wildman–Crippen MR) is 103 cm³/mol. The molecule has 0 aromatic heterocycles. The standard InChI is InChI=1S/C22H27NO3/c1-15(2)18-6-5-7-21(12-18)26-16(3)22(24)23-11-10-17-8-9-20(25-4)13-19(17)14-23/h5-9,12-13,15-16H,10-11,14H2,1-4H3. The lowest BCUT2D eigenvalue weighted by molar-refractivity contribution is -0.138. The third-order valence-corrected chi connectivity index (χ3v) is 4.92. The Labute approximate surface area is 155 Å². The van der Waals surface area contributed by atoms with Gasteiger partial charge in [0, 0.05) is 13.1 Å². The number of fused-ring (bicyclic) bond motifs is 1. The summed E-state index contributed by atoms with van der Waals surface area (Å²) in [5, 5.41) is 0. The van der Waals surface area contributed by atoms with Crippen molar-refractivity contribution in [2.75, 3.05) is 13.7 Å². The van der Waals surface area contributed by atoms with Gasteiger partial charge in [0.1, 0.15) is 11.5 Å². The van der Waals surface area contributed by atoms with Crippen LogP contribution in [0.5, 0.6) is 11.5 Å². The van der Waals surface area contributed by atoms with Gasteiger partial charge in [0.15, 0.2) is 6.10 Å². The summed E-state index contributed by atoms with van der Waals surface area (Å²) in [6.45, 7) is 7.44. The number of hydrogen-bond donors (Lipinski definition) is 0. The molecule has 1 amide bonds. The Morgan fingerprint density at radius 3 is 2.58 bits per heavy atom. The van der Waals surface area contributed by atoms with Gasteiger partial charge in [0.05, 0.1) is 7.11 Å². The molecule has 2 aromatic carbocycles. The van der Waals surface area contributed by atoms with Crippen LogP contribution in [0.15, 0.2) is 42.5 Å². The van der Waals surface area contributed by atoms with Crippen LogP contribution in [0.2, 0.25) is 0 Å². The number of hydrogen-bond acceptors (Lipinski definition) is 3. The van der Waals surface area contributed by atoms with Crippen molar-refractivity contribution in [1.82, 2.24) is 4.90 Å². The van der Waals surface area contributed by atoms with E-state index in [1.165, 1.54) is 11.1 Å². The Morgan fingerprint density at radius 2 is 1.85 bits per heavy atom. The fourth-order valence-corrected chi connectivity index (χ4v) is 3.31. The SMILES string of the molecule is COc1ccc2c(c1)CN(C(=O)C(C)Oc1cccc(C(C)C)c1)CC2. The fourth-order valence-electron chi connectivity index (χ4n) is 3.31. The summed E-state index contributed by atoms with van der Waals surface area (Å²) in [7, 11) is 1.66. The molecule has 1 aliphatic heterocycles. The van der Waals surface area contributed by atoms with Crippen molar-refractivity contribution in [3.05, 3.63) is 59.2 Å². The third kappa shape index (κ3) is 4.01. The molecule has 3 rings (SSSR count). The highest BCUT2D eigenvalue weighted by Gasteiger charge is 2.26. The molecule has 2 aromatic rings. The molecular weight excluding hydrogens is 326 g/mol. The first-order valence-corrected chi connectivity index (χ1v) is 9.19. The molecule has 1 heterocycles. The van der Waals surface area contributed by atoms with Gasteiger partial charge in [0.2, 0.25) is 0 Å². The van der Waals surface area contributed by atoms with Crippen molar-refractivity contribution in [2.45, 2.75) is 45.8 Å². The van der Waals surface area contributed by atoms with E-state index in [1.807, 2.05) is 42.2 Å². The van der Waals surface area contributed by atoms with Crippen LogP contribution in [0, 0.1) is 0 Å². The number of ether oxygens (including phenoxy) is 2. The Bertz CT molecular complexity index is 785. The van der Waals surface area contributed by atoms with Crippen LogP contribution in [0.4, 0.5) is 0 Å². The first-order chi connectivity index (χ1) is 12.5. The van der Waals surface area contributed by atoms with Crippen molar-refractivity contribution < 1.29 is 14.3 Å². The maximum Gasteiger partial charge on any atom is 0.263 e. The highest BCUT2D eigenvalue weighted by Crippen LogP contribution is 2.25. The molecule has 1 unspecified atom stereocenters. The van der Waals surface area contributed by atoms with E-state index >= 15 is 0 Å². The highest BCUT2D eigenvalue weighted by molar-refractivity contribution is 5.81. The first-order valence-electron chi connectivity index (χ1n) is 9.19. The summed E-state index contributed by atoms with van der Waals surface area (Å²) in [5.41, 5.74) is 3.65. The normalized spacial score (nSPS) is 14.7. The van der Waals surface area contributed by atoms with E-state index in [0.29, 0.717) is 12.5 Å². The van der Waals surface area contributed by atoms with Gasteiger partial charge in [0.25, 0.3) is 5.91 Å². The number of nitrogens with zero attached hydrogens (tertiary/aromatic N) is 1. The Kier molecular flexibility index (Phi) is 5.50. The van der Waals surface area contributed by atoms with Gasteiger partial charge in [-0.05, 0) is 60.2 Å². The van der Waals surface area contributed by atoms with Crippen molar-refractivity contribution in [3.8, 4) is 11.5 Å². The molecule has 0 spiro atoms. The predicted octanol–water partition coefficient (Wildman–Crippen LogP) is 4.17. The highest BCUT2D eigenvalue weighted by atomic mass is 16.5. The van der Waals surface area contributed by atoms with Crippen LogP contribution in [0.1, 0.15) is 43.4 Å². The minimum atomic E-state index is -0.510. The molecule has 1 aliphatic rings. The lowest BCUT2D eigenvalue weighted by atomic mass is 9.99. The molecule has 0 saturated heterocycles. The lowest BCUT2D eigenvalue weighted by Crippen LogP contribution is -2.43. The second kappa shape index (κ2) is 7.81. The van der Waals surface area contributed by atoms with Gasteiger partial charge >= 0.3 is 0 Å². The van der Waals surface area contributed by atoms with Crippen LogP contribution in [0.3, 0.4) is 0 Å². The van der Waals surface area contributed by atoms with Crippen LogP contribution in [-0.2, 0) is 17.8 Å². The van der Waals surface area contributed by atoms with E-state index in [4.69, 9.17) is 9.47 Å². The zero-order valence-electron chi connectivity index (χ0n) is 16.0. The fraction of sp³-hybridized carbons (Fsp3) is 0.409. The Morgan fingerprint density at radius 1 is 1.04 bits per heavy atom. The molecule has 0 fully saturated rings. The van der Waals surface area contributed by atoms with Crippen molar-refractivity contribution in [1.29, 1.82) is 0 Å². The van der Waals surface area contributed by atoms with Gasteiger partial charge in [-0.15, -0.1) is 0 Å². The van der Waals surface area contributed by atoms with Gasteiger partial charge in [-0.25, -0.2) is 0 Å². The van der Waals surface area contributed by atoms with E-state index < -0.39 is 6.10 Å². The molecule has 0 radical (unpaired) electrons. The molecule has 0 N–H and O–H groups in total. The van der Waals surface area contributed by atoms with Gasteiger partial charge in [-0.2, -0.15) is 0 Å². The molecule has 138 valence electrons. The average molecular weight is 353 g/mol. The average Bonchev–Trinajstić information content (AvgIpc) is 2.66. The van der Waals surface area contributed by atoms with Gasteiger partial charge in [-0.3, -0.25) is 4.79 Å². The number of methoxy groups -OCH3 is 1. The summed E-state index contributed by atoms with van der Waals surface area (Å²) in [6, 6.07) is 14.1. The number of amides is 1. The number of rotatable bonds is 5. The summed E-state index contributed by atoms with van der Waals surface area (Å²) in [6.07, 6.45) is 0.352. The van der Waals surface area contributed by atoms with E-state index in [9.17, 15) is 4.79 Å². The zero-order valence-corrected chi connectivity index (χ0v) is 16.0. The van der Waals surface area contributed by atoms with Gasteiger partial charge < -0.3 is 14.4 Å². The molecule has 26 heavy (non-hydrogen) atoms. The third-order valence-electron chi connectivity index (χ3n) is 4.92. The summed E-state index contributed by atoms with van der Waals surface area (Å²) in [4.78, 5) is 14.7. The summed E-state index contributed by atoms with van der Waals surface area (Å²) in [5.74, 6) is 2.02. The second-order valence-corrected chi connectivity index (χ2v) is 7.13. The van der Waals surface area contributed by atoms with Crippen molar-refractivity contribution in [2.24, 2.45) is 0 Å². The maximum atomic E-state index is 12.9. The van der Waals surface area contributed by atoms with Crippen LogP contribution in [-0.4, -0.2) is 30.6 Å². The molecule has 4 heteroatoms. The Balaban J connectivity index is 1.68. The lowest BCUT2D eigenvalue weighted by Gasteiger charge is -2.31. The maximum absolute atomic E-state index is 12.9. The first kappa shape index (κ1) is 18.3. The Hall–Kier alpha value is -2.49. The van der Waals surface area contributed by atoms with Crippen LogP contribution < -0.4 is 9.47 Å². The van der Waals surface area contributed by atoms with Crippen LogP contribution in [0.25, 0.3) is 0 Å². The molecular formula is C22H27NO3. The van der Waals surface area contributed by atoms with Crippen LogP contribution >= 0.6 is 0 Å². The van der Waals surface area contributed by atoms with Crippen molar-refractivity contribution in [3.63, 3.8) is 0 Å². The molecule has 0 saturated carbocycles. The molecule has 0 aliphatic carbocycles. The van der Waals surface area contributed by atoms with Gasteiger partial charge in [-0.1, -0.05) is 32.0 Å². The minimum absolute atomic E-state index is 0.0217. The largest absolute Gasteiger partial charge is 0.497 e. The van der Waals surface area contributed by atoms with Crippen molar-refractivity contribution >= 4 is 5.91 Å². The molecule has 4 nitrogen and oxygen atoms in total. The number of benzene rings is 2. The van der Waals surface area contributed by atoms with E-state index in [2.05, 4.69) is 26.0 Å². The summed E-state index contributed by atoms with van der Waals surface area (Å²) >= 11 is 0. The topological polar surface area (TPSA) is 38.8 Å². The molecule has 0 bridgehead atoms. The van der Waals surface area contributed by atoms with E-state index in [-0.39, 0.29) is 5.91 Å². The number of carbonyl (C=O) groups is 1. The zero-order chi connectivity index (χ0) is 18.7. The number of carbonyl (C=O) groups excluding carboxylic acids is 1. The smallest absolute Gasteiger partial charge is 0.263 e. The second-order valence-electron chi connectivity index (χ2n) is 7.13. The quantitative estimate of drug-likeness (QED) is 0.810. The van der Waals surface area contributed by atoms with E-state index in [1.54, 1.807) is 7.11 Å². The molecule has 1 atom stereocenters. The minimum Gasteiger partial charge on any atom is -0.497 e. The van der Waals surface area contributed by atoms with E-state index in [0.717, 1.165) is 30.0 Å². The monoisotopic (exact) mass is 353 g/mol.